The number of nitrogens with one attached hydrogen (secondary N) is 1. The summed E-state index contributed by atoms with van der Waals surface area (Å²) in [7, 11) is 0. The summed E-state index contributed by atoms with van der Waals surface area (Å²) in [6.45, 7) is 14.6. The maximum atomic E-state index is 13.9. The standard InChI is InChI=1S/C18H25ClFNO2S/c1-10(2)16(20)9-21-18-11(3)7-8-15(19)17(18)13(5)12(4)14(6)24(22)23/h7-8,12,14,16,21H,1,5,9H2,2-4,6H3,(H,22,23)/p-1. The van der Waals surface area contributed by atoms with E-state index in [2.05, 4.69) is 18.5 Å². The number of aryl methyl sites for hydroxylation is 1. The molecule has 0 fully saturated rings. The number of allylic oxidation sites excluding steroid dienone is 1. The van der Waals surface area contributed by atoms with E-state index in [0.717, 1.165) is 5.56 Å². The quantitative estimate of drug-likeness (QED) is 0.522. The Bertz CT molecular complexity index is 663. The van der Waals surface area contributed by atoms with E-state index < -0.39 is 22.5 Å². The van der Waals surface area contributed by atoms with Crippen molar-refractivity contribution in [1.29, 1.82) is 0 Å². The fraction of sp³-hybridized carbons (Fsp3) is 0.444. The van der Waals surface area contributed by atoms with E-state index >= 15 is 0 Å². The summed E-state index contributed by atoms with van der Waals surface area (Å²) in [6, 6.07) is 3.56. The Hall–Kier alpha value is -1.17. The molecule has 4 atom stereocenters. The van der Waals surface area contributed by atoms with Crippen LogP contribution in [0.15, 0.2) is 30.9 Å². The molecule has 1 N–H and O–H groups in total. The lowest BCUT2D eigenvalue weighted by molar-refractivity contribution is 0.399. The lowest BCUT2D eigenvalue weighted by Gasteiger charge is -2.27. The maximum absolute atomic E-state index is 13.9. The first-order chi connectivity index (χ1) is 11.1. The van der Waals surface area contributed by atoms with Gasteiger partial charge in [-0.15, -0.1) is 0 Å². The van der Waals surface area contributed by atoms with Gasteiger partial charge >= 0.3 is 0 Å². The second-order valence-corrected chi connectivity index (χ2v) is 7.76. The second kappa shape index (κ2) is 8.79. The highest BCUT2D eigenvalue weighted by Gasteiger charge is 2.22. The van der Waals surface area contributed by atoms with Crippen molar-refractivity contribution < 1.29 is 13.2 Å². The Kier molecular flexibility index (Phi) is 7.64. The van der Waals surface area contributed by atoms with Gasteiger partial charge in [0.05, 0.1) is 5.02 Å². The minimum absolute atomic E-state index is 0.0637. The zero-order chi connectivity index (χ0) is 18.6. The Morgan fingerprint density at radius 2 is 2.00 bits per heavy atom. The highest BCUT2D eigenvalue weighted by molar-refractivity contribution is 7.79. The molecule has 0 saturated heterocycles. The molecule has 0 radical (unpaired) electrons. The summed E-state index contributed by atoms with van der Waals surface area (Å²) in [5.74, 6) is -0.328. The summed E-state index contributed by atoms with van der Waals surface area (Å²) in [5.41, 5.74) is 3.23. The first-order valence-corrected chi connectivity index (χ1v) is 9.19. The minimum Gasteiger partial charge on any atom is -0.772 e. The van der Waals surface area contributed by atoms with Gasteiger partial charge in [-0.2, -0.15) is 0 Å². The van der Waals surface area contributed by atoms with Crippen molar-refractivity contribution >= 4 is 33.9 Å². The molecule has 3 nitrogen and oxygen atoms in total. The molecule has 0 aromatic heterocycles. The molecule has 0 aliphatic rings. The van der Waals surface area contributed by atoms with Gasteiger partial charge in [0.15, 0.2) is 0 Å². The van der Waals surface area contributed by atoms with Gasteiger partial charge < -0.3 is 9.87 Å². The van der Waals surface area contributed by atoms with E-state index in [1.165, 1.54) is 0 Å². The predicted octanol–water partition coefficient (Wildman–Crippen LogP) is 4.89. The van der Waals surface area contributed by atoms with E-state index in [-0.39, 0.29) is 12.5 Å². The lowest BCUT2D eigenvalue weighted by atomic mass is 9.90. The Morgan fingerprint density at radius 3 is 2.50 bits per heavy atom. The number of hydrogen-bond acceptors (Lipinski definition) is 3. The molecule has 0 aliphatic heterocycles. The highest BCUT2D eigenvalue weighted by Crippen LogP contribution is 2.38. The predicted molar refractivity (Wildman–Crippen MR) is 101 cm³/mol. The van der Waals surface area contributed by atoms with E-state index in [9.17, 15) is 13.2 Å². The Labute approximate surface area is 151 Å². The van der Waals surface area contributed by atoms with E-state index in [4.69, 9.17) is 11.6 Å². The van der Waals surface area contributed by atoms with Crippen molar-refractivity contribution in [3.63, 3.8) is 0 Å². The van der Waals surface area contributed by atoms with Gasteiger partial charge in [0.25, 0.3) is 0 Å². The second-order valence-electron chi connectivity index (χ2n) is 6.09. The SMILES string of the molecule is C=C(C)C(F)CNc1c(C)ccc(Cl)c1C(=C)C(C)C(C)S(=O)[O-]. The molecule has 0 aliphatic carbocycles. The van der Waals surface area contributed by atoms with E-state index in [1.807, 2.05) is 13.0 Å². The van der Waals surface area contributed by atoms with Crippen LogP contribution in [0.5, 0.6) is 0 Å². The summed E-state index contributed by atoms with van der Waals surface area (Å²) < 4.78 is 36.4. The number of alkyl halides is 1. The molecule has 0 bridgehead atoms. The van der Waals surface area contributed by atoms with E-state index in [1.54, 1.807) is 26.8 Å². The molecule has 0 amide bonds. The minimum atomic E-state index is -2.22. The van der Waals surface area contributed by atoms with Gasteiger partial charge in [0, 0.05) is 23.0 Å². The van der Waals surface area contributed by atoms with Crippen LogP contribution >= 0.6 is 11.6 Å². The average Bonchev–Trinajstić information content (AvgIpc) is 2.52. The monoisotopic (exact) mass is 372 g/mol. The van der Waals surface area contributed by atoms with Crippen LogP contribution in [0.4, 0.5) is 10.1 Å². The van der Waals surface area contributed by atoms with Crippen molar-refractivity contribution in [3.05, 3.63) is 47.0 Å². The summed E-state index contributed by atoms with van der Waals surface area (Å²) in [5, 5.41) is 2.92. The molecule has 0 saturated carbocycles. The van der Waals surface area contributed by atoms with Crippen LogP contribution in [-0.4, -0.2) is 26.7 Å². The molecule has 1 aromatic rings. The number of hydrogen-bond donors (Lipinski definition) is 1. The zero-order valence-corrected chi connectivity index (χ0v) is 16.1. The number of benzene rings is 1. The van der Waals surface area contributed by atoms with Crippen LogP contribution in [0.25, 0.3) is 5.57 Å². The fourth-order valence-electron chi connectivity index (χ4n) is 2.27. The van der Waals surface area contributed by atoms with Gasteiger partial charge in [-0.25, -0.2) is 4.39 Å². The van der Waals surface area contributed by atoms with Crippen molar-refractivity contribution in [2.24, 2.45) is 5.92 Å². The maximum Gasteiger partial charge on any atom is 0.138 e. The van der Waals surface area contributed by atoms with Crippen molar-refractivity contribution in [3.8, 4) is 0 Å². The third-order valence-corrected chi connectivity index (χ3v) is 5.56. The molecule has 1 aromatic carbocycles. The fourth-order valence-corrected chi connectivity index (χ4v) is 3.04. The smallest absolute Gasteiger partial charge is 0.138 e. The third kappa shape index (κ3) is 4.91. The van der Waals surface area contributed by atoms with Gasteiger partial charge in [-0.05, 0) is 42.5 Å². The summed E-state index contributed by atoms with van der Waals surface area (Å²) in [4.78, 5) is 0. The van der Waals surface area contributed by atoms with Gasteiger partial charge in [0.1, 0.15) is 6.17 Å². The largest absolute Gasteiger partial charge is 0.772 e. The van der Waals surface area contributed by atoms with Gasteiger partial charge in [-0.1, -0.05) is 55.8 Å². The van der Waals surface area contributed by atoms with E-state index in [0.29, 0.717) is 27.4 Å². The van der Waals surface area contributed by atoms with Crippen LogP contribution < -0.4 is 5.32 Å². The molecule has 0 spiro atoms. The van der Waals surface area contributed by atoms with Crippen molar-refractivity contribution in [2.75, 3.05) is 11.9 Å². The molecular weight excluding hydrogens is 349 g/mol. The number of anilines is 1. The molecule has 1 rings (SSSR count). The summed E-state index contributed by atoms with van der Waals surface area (Å²) >= 11 is 4.12. The molecular formula is C18H24ClFNO2S-. The Balaban J connectivity index is 3.22. The van der Waals surface area contributed by atoms with Crippen molar-refractivity contribution in [1.82, 2.24) is 0 Å². The molecule has 6 heteroatoms. The van der Waals surface area contributed by atoms with Crippen LogP contribution in [0.1, 0.15) is 31.9 Å². The van der Waals surface area contributed by atoms with Crippen LogP contribution in [0.2, 0.25) is 5.02 Å². The first-order valence-electron chi connectivity index (χ1n) is 7.67. The molecule has 134 valence electrons. The van der Waals surface area contributed by atoms with Gasteiger partial charge in [0.2, 0.25) is 0 Å². The molecule has 24 heavy (non-hydrogen) atoms. The van der Waals surface area contributed by atoms with Crippen molar-refractivity contribution in [2.45, 2.75) is 39.1 Å². The molecule has 4 unspecified atom stereocenters. The third-order valence-electron chi connectivity index (χ3n) is 4.23. The topological polar surface area (TPSA) is 52.2 Å². The van der Waals surface area contributed by atoms with Crippen LogP contribution in [0, 0.1) is 12.8 Å². The molecule has 0 heterocycles. The normalized spacial score (nSPS) is 16.1. The zero-order valence-electron chi connectivity index (χ0n) is 14.5. The van der Waals surface area contributed by atoms with Crippen LogP contribution in [-0.2, 0) is 11.1 Å². The van der Waals surface area contributed by atoms with Gasteiger partial charge in [-0.3, -0.25) is 4.21 Å². The highest BCUT2D eigenvalue weighted by atomic mass is 35.5. The first kappa shape index (κ1) is 20.9. The summed E-state index contributed by atoms with van der Waals surface area (Å²) in [6.07, 6.45) is -1.19. The Morgan fingerprint density at radius 1 is 1.42 bits per heavy atom. The number of halogens is 2. The average molecular weight is 373 g/mol. The number of rotatable bonds is 8. The lowest BCUT2D eigenvalue weighted by Crippen LogP contribution is -2.22. The van der Waals surface area contributed by atoms with Crippen LogP contribution in [0.3, 0.4) is 0 Å².